The van der Waals surface area contributed by atoms with Gasteiger partial charge in [0.25, 0.3) is 5.91 Å². The summed E-state index contributed by atoms with van der Waals surface area (Å²) < 4.78 is 0. The van der Waals surface area contributed by atoms with Gasteiger partial charge in [0.1, 0.15) is 0 Å². The smallest absolute Gasteiger partial charge is 0.251 e. The number of allylic oxidation sites excluding steroid dienone is 2. The Labute approximate surface area is 225 Å². The lowest BCUT2D eigenvalue weighted by Gasteiger charge is -2.36. The van der Waals surface area contributed by atoms with Gasteiger partial charge in [-0.05, 0) is 74.7 Å². The fourth-order valence-corrected chi connectivity index (χ4v) is 5.54. The number of Topliss-reactive ketones (excluding diaryl/α,β-unsaturated/α-hetero) is 1. The van der Waals surface area contributed by atoms with Gasteiger partial charge >= 0.3 is 0 Å². The molecule has 3 heterocycles. The molecule has 38 heavy (non-hydrogen) atoms. The number of rotatable bonds is 8. The van der Waals surface area contributed by atoms with Crippen LogP contribution in [-0.4, -0.2) is 47.8 Å². The van der Waals surface area contributed by atoms with Crippen LogP contribution in [0.4, 0.5) is 5.69 Å². The van der Waals surface area contributed by atoms with Gasteiger partial charge in [0.15, 0.2) is 5.78 Å². The second-order valence-corrected chi connectivity index (χ2v) is 10.1. The molecule has 1 amide bonds. The lowest BCUT2D eigenvalue weighted by Crippen LogP contribution is -2.37. The monoisotopic (exact) mass is 508 g/mol. The van der Waals surface area contributed by atoms with Crippen LogP contribution >= 0.6 is 0 Å². The second kappa shape index (κ2) is 12.2. The van der Waals surface area contributed by atoms with Crippen LogP contribution < -0.4 is 10.2 Å². The highest BCUT2D eigenvalue weighted by Gasteiger charge is 2.36. The normalized spacial score (nSPS) is 18.9. The first-order valence-corrected chi connectivity index (χ1v) is 13.7. The van der Waals surface area contributed by atoms with Crippen LogP contribution in [0.15, 0.2) is 84.7 Å². The number of piperidine rings is 1. The molecular weight excluding hydrogens is 472 g/mol. The van der Waals surface area contributed by atoms with Crippen LogP contribution in [0.5, 0.6) is 0 Å². The van der Waals surface area contributed by atoms with Crippen molar-refractivity contribution in [3.8, 4) is 0 Å². The summed E-state index contributed by atoms with van der Waals surface area (Å²) in [4.78, 5) is 35.6. The number of nitrogens with one attached hydrogen (secondary N) is 1. The van der Waals surface area contributed by atoms with Crippen LogP contribution in [0.25, 0.3) is 0 Å². The van der Waals surface area contributed by atoms with Crippen molar-refractivity contribution in [3.63, 3.8) is 0 Å². The highest BCUT2D eigenvalue weighted by atomic mass is 16.1. The summed E-state index contributed by atoms with van der Waals surface area (Å²) >= 11 is 0. The van der Waals surface area contributed by atoms with Crippen LogP contribution in [0.3, 0.4) is 0 Å². The number of hydrogen-bond acceptors (Lipinski definition) is 5. The van der Waals surface area contributed by atoms with E-state index < -0.39 is 0 Å². The van der Waals surface area contributed by atoms with E-state index in [1.807, 2.05) is 67.6 Å². The van der Waals surface area contributed by atoms with E-state index in [2.05, 4.69) is 32.2 Å². The van der Waals surface area contributed by atoms with Crippen LogP contribution in [-0.2, 0) is 17.8 Å². The molecule has 2 aromatic carbocycles. The molecule has 6 nitrogen and oxygen atoms in total. The van der Waals surface area contributed by atoms with Gasteiger partial charge in [-0.15, -0.1) is 0 Å². The van der Waals surface area contributed by atoms with Crippen molar-refractivity contribution >= 4 is 17.4 Å². The van der Waals surface area contributed by atoms with Gasteiger partial charge in [0.2, 0.25) is 0 Å². The Bertz CT molecular complexity index is 1280. The second-order valence-electron chi connectivity index (χ2n) is 10.1. The Kier molecular flexibility index (Phi) is 8.29. The van der Waals surface area contributed by atoms with Crippen molar-refractivity contribution in [3.05, 3.63) is 107 Å². The number of carbonyl (C=O) groups is 2. The first-order chi connectivity index (χ1) is 18.6. The Morgan fingerprint density at radius 2 is 1.74 bits per heavy atom. The highest BCUT2D eigenvalue weighted by molar-refractivity contribution is 6.06. The number of fused-ring (bicyclic) bond motifs is 1. The lowest BCUT2D eigenvalue weighted by molar-refractivity contribution is -0.117. The van der Waals surface area contributed by atoms with E-state index in [4.69, 9.17) is 0 Å². The molecule has 6 heteroatoms. The SMILES string of the molecule is CC=C1C(=O)C(Cc2ccc(C(=O)NCCN3CCCCC3)cc2)c2ncccc2N1Cc1ccccc1. The largest absolute Gasteiger partial charge is 0.351 e. The van der Waals surface area contributed by atoms with Crippen molar-refractivity contribution in [1.82, 2.24) is 15.2 Å². The third kappa shape index (κ3) is 5.86. The number of carbonyl (C=O) groups excluding carboxylic acids is 2. The number of pyridine rings is 1. The number of anilines is 1. The molecule has 196 valence electrons. The topological polar surface area (TPSA) is 65.5 Å². The summed E-state index contributed by atoms with van der Waals surface area (Å²) in [6.45, 7) is 6.34. The molecule has 0 spiro atoms. The average Bonchev–Trinajstić information content (AvgIpc) is 2.96. The van der Waals surface area contributed by atoms with Gasteiger partial charge < -0.3 is 15.1 Å². The number of ketones is 1. The summed E-state index contributed by atoms with van der Waals surface area (Å²) in [7, 11) is 0. The van der Waals surface area contributed by atoms with Crippen LogP contribution in [0.1, 0.15) is 59.3 Å². The molecular formula is C32H36N4O2. The van der Waals surface area contributed by atoms with Gasteiger partial charge in [0.05, 0.1) is 23.0 Å². The lowest BCUT2D eigenvalue weighted by atomic mass is 9.85. The first-order valence-electron chi connectivity index (χ1n) is 13.7. The number of nitrogens with zero attached hydrogens (tertiary/aromatic N) is 3. The molecule has 2 aliphatic heterocycles. The quantitative estimate of drug-likeness (QED) is 0.428. The summed E-state index contributed by atoms with van der Waals surface area (Å²) in [5.74, 6) is -0.343. The zero-order valence-electron chi connectivity index (χ0n) is 22.1. The number of hydrogen-bond donors (Lipinski definition) is 1. The van der Waals surface area contributed by atoms with E-state index in [0.29, 0.717) is 30.8 Å². The Hall–Kier alpha value is -3.77. The molecule has 1 atom stereocenters. The maximum absolute atomic E-state index is 13.7. The number of likely N-dealkylation sites (tertiary alicyclic amines) is 1. The zero-order chi connectivity index (χ0) is 26.3. The van der Waals surface area contributed by atoms with Gasteiger partial charge in [-0.2, -0.15) is 0 Å². The number of aromatic nitrogens is 1. The van der Waals surface area contributed by atoms with Crippen molar-refractivity contribution in [2.24, 2.45) is 0 Å². The predicted molar refractivity (Wildman–Crippen MR) is 151 cm³/mol. The molecule has 3 aromatic rings. The molecule has 0 saturated carbocycles. The maximum atomic E-state index is 13.7. The molecule has 0 aliphatic carbocycles. The molecule has 1 unspecified atom stereocenters. The third-order valence-corrected chi connectivity index (χ3v) is 7.57. The van der Waals surface area contributed by atoms with E-state index in [-0.39, 0.29) is 17.6 Å². The molecule has 2 aliphatic rings. The molecule has 0 radical (unpaired) electrons. The van der Waals surface area contributed by atoms with Crippen LogP contribution in [0.2, 0.25) is 0 Å². The standard InChI is InChI=1S/C32H36N4O2/c1-2-28-31(37)27(30-29(12-9-17-33-30)36(28)23-25-10-5-3-6-11-25)22-24-13-15-26(16-14-24)32(38)34-18-21-35-19-7-4-8-20-35/h2-3,5-6,9-17,27H,4,7-8,18-23H2,1H3,(H,34,38). The Morgan fingerprint density at radius 1 is 0.974 bits per heavy atom. The zero-order valence-corrected chi connectivity index (χ0v) is 22.1. The van der Waals surface area contributed by atoms with Gasteiger partial charge in [0, 0.05) is 31.4 Å². The molecule has 1 N–H and O–H groups in total. The molecule has 1 aromatic heterocycles. The predicted octanol–water partition coefficient (Wildman–Crippen LogP) is 5.12. The fourth-order valence-electron chi connectivity index (χ4n) is 5.54. The minimum Gasteiger partial charge on any atom is -0.351 e. The van der Waals surface area contributed by atoms with Crippen LogP contribution in [0, 0.1) is 0 Å². The van der Waals surface area contributed by atoms with Crippen molar-refractivity contribution < 1.29 is 9.59 Å². The summed E-state index contributed by atoms with van der Waals surface area (Å²) in [5.41, 5.74) is 5.26. The van der Waals surface area contributed by atoms with Crippen molar-refractivity contribution in [2.45, 2.75) is 45.1 Å². The summed E-state index contributed by atoms with van der Waals surface area (Å²) in [6.07, 6.45) is 8.02. The van der Waals surface area contributed by atoms with E-state index in [9.17, 15) is 9.59 Å². The van der Waals surface area contributed by atoms with E-state index in [1.54, 1.807) is 6.20 Å². The average molecular weight is 509 g/mol. The number of benzene rings is 2. The van der Waals surface area contributed by atoms with Crippen molar-refractivity contribution in [1.29, 1.82) is 0 Å². The third-order valence-electron chi connectivity index (χ3n) is 7.57. The fraction of sp³-hybridized carbons (Fsp3) is 0.344. The van der Waals surface area contributed by atoms with E-state index in [0.717, 1.165) is 42.1 Å². The van der Waals surface area contributed by atoms with Gasteiger partial charge in [-0.3, -0.25) is 14.6 Å². The Morgan fingerprint density at radius 3 is 2.47 bits per heavy atom. The molecule has 1 saturated heterocycles. The van der Waals surface area contributed by atoms with Gasteiger partial charge in [-0.1, -0.05) is 55.0 Å². The first kappa shape index (κ1) is 25.9. The van der Waals surface area contributed by atoms with Crippen molar-refractivity contribution in [2.75, 3.05) is 31.1 Å². The maximum Gasteiger partial charge on any atom is 0.251 e. The minimum atomic E-state index is -0.367. The molecule has 5 rings (SSSR count). The van der Waals surface area contributed by atoms with E-state index in [1.165, 1.54) is 19.3 Å². The number of amides is 1. The summed E-state index contributed by atoms with van der Waals surface area (Å²) in [6, 6.07) is 21.8. The highest BCUT2D eigenvalue weighted by Crippen LogP contribution is 2.39. The Balaban J connectivity index is 1.28. The molecule has 0 bridgehead atoms. The minimum absolute atomic E-state index is 0.0536. The van der Waals surface area contributed by atoms with E-state index >= 15 is 0 Å². The van der Waals surface area contributed by atoms with Gasteiger partial charge in [-0.25, -0.2) is 0 Å². The molecule has 1 fully saturated rings. The summed E-state index contributed by atoms with van der Waals surface area (Å²) in [5, 5.41) is 3.05.